The van der Waals surface area contributed by atoms with Crippen molar-refractivity contribution < 1.29 is 17.9 Å². The quantitative estimate of drug-likeness (QED) is 0.872. The van der Waals surface area contributed by atoms with Gasteiger partial charge in [-0.3, -0.25) is 9.36 Å². The van der Waals surface area contributed by atoms with Crippen LogP contribution >= 0.6 is 0 Å². The lowest BCUT2D eigenvalue weighted by atomic mass is 10.3. The number of hydrogen-bond donors (Lipinski definition) is 0. The maximum atomic E-state index is 14.0. The van der Waals surface area contributed by atoms with E-state index < -0.39 is 23.3 Å². The fourth-order valence-electron chi connectivity index (χ4n) is 1.64. The minimum atomic E-state index is -3.85. The molecule has 22 heavy (non-hydrogen) atoms. The molecule has 0 aliphatic carbocycles. The van der Waals surface area contributed by atoms with Crippen molar-refractivity contribution in [3.05, 3.63) is 58.0 Å². The summed E-state index contributed by atoms with van der Waals surface area (Å²) in [5.74, 6) is -1.90. The predicted molar refractivity (Wildman–Crippen MR) is 76.5 cm³/mol. The van der Waals surface area contributed by atoms with Gasteiger partial charge in [-0.1, -0.05) is 19.9 Å². The van der Waals surface area contributed by atoms with E-state index in [9.17, 15) is 18.0 Å². The Bertz CT molecular complexity index is 699. The highest BCUT2D eigenvalue weighted by Crippen LogP contribution is 2.29. The predicted octanol–water partition coefficient (Wildman–Crippen LogP) is 3.38. The lowest BCUT2D eigenvalue weighted by Crippen LogP contribution is -2.33. The van der Waals surface area contributed by atoms with Gasteiger partial charge >= 0.3 is 6.11 Å². The van der Waals surface area contributed by atoms with E-state index in [1.54, 1.807) is 0 Å². The van der Waals surface area contributed by atoms with Crippen molar-refractivity contribution in [2.75, 3.05) is 0 Å². The fourth-order valence-corrected chi connectivity index (χ4v) is 1.64. The van der Waals surface area contributed by atoms with Crippen LogP contribution in [-0.4, -0.2) is 9.55 Å². The number of rotatable bonds is 3. The standard InChI is InChI=1S/C13H11F3N2O2.C2H6/c1-8-6-11(19)18(2)12(17-8)13(15,16)20-10-5-3-4-9(14)7-10;1-2/h3-7H,1-2H3;1-2H3. The van der Waals surface area contributed by atoms with Crippen molar-refractivity contribution in [3.63, 3.8) is 0 Å². The van der Waals surface area contributed by atoms with E-state index in [0.29, 0.717) is 4.57 Å². The summed E-state index contributed by atoms with van der Waals surface area (Å²) in [6, 6.07) is 5.48. The molecule has 0 N–H and O–H groups in total. The molecule has 0 aliphatic heterocycles. The van der Waals surface area contributed by atoms with Gasteiger partial charge in [-0.05, 0) is 19.1 Å². The van der Waals surface area contributed by atoms with Crippen molar-refractivity contribution in [3.8, 4) is 5.75 Å². The lowest BCUT2D eigenvalue weighted by Gasteiger charge is -2.19. The topological polar surface area (TPSA) is 44.1 Å². The minimum absolute atomic E-state index is 0.144. The largest absolute Gasteiger partial charge is 0.460 e. The minimum Gasteiger partial charge on any atom is -0.426 e. The van der Waals surface area contributed by atoms with Crippen molar-refractivity contribution >= 4 is 0 Å². The van der Waals surface area contributed by atoms with Crippen LogP contribution in [0.2, 0.25) is 0 Å². The van der Waals surface area contributed by atoms with Crippen molar-refractivity contribution in [1.29, 1.82) is 0 Å². The van der Waals surface area contributed by atoms with Crippen molar-refractivity contribution in [2.45, 2.75) is 26.9 Å². The van der Waals surface area contributed by atoms with Gasteiger partial charge in [0.1, 0.15) is 11.6 Å². The first-order valence-corrected chi connectivity index (χ1v) is 6.67. The third-order valence-corrected chi connectivity index (χ3v) is 2.57. The van der Waals surface area contributed by atoms with Gasteiger partial charge < -0.3 is 4.74 Å². The Balaban J connectivity index is 0.00000116. The summed E-state index contributed by atoms with van der Waals surface area (Å²) in [6.07, 6.45) is -3.85. The molecule has 0 spiro atoms. The number of hydrogen-bond acceptors (Lipinski definition) is 3. The number of benzene rings is 1. The van der Waals surface area contributed by atoms with E-state index in [4.69, 9.17) is 0 Å². The highest BCUT2D eigenvalue weighted by molar-refractivity contribution is 5.23. The third kappa shape index (κ3) is 4.09. The van der Waals surface area contributed by atoms with E-state index in [0.717, 1.165) is 25.2 Å². The van der Waals surface area contributed by atoms with Gasteiger partial charge in [-0.25, -0.2) is 9.37 Å². The summed E-state index contributed by atoms with van der Waals surface area (Å²) in [6.45, 7) is 5.42. The Morgan fingerprint density at radius 1 is 1.23 bits per heavy atom. The first-order chi connectivity index (χ1) is 10.3. The zero-order chi connectivity index (χ0) is 16.9. The van der Waals surface area contributed by atoms with Crippen LogP contribution in [0.4, 0.5) is 13.2 Å². The molecule has 0 unspecified atom stereocenters. The molecule has 0 fully saturated rings. The van der Waals surface area contributed by atoms with Crippen molar-refractivity contribution in [2.24, 2.45) is 7.05 Å². The molecule has 0 amide bonds. The molecule has 1 aromatic carbocycles. The molecule has 120 valence electrons. The van der Waals surface area contributed by atoms with Gasteiger partial charge in [0.25, 0.3) is 5.56 Å². The summed E-state index contributed by atoms with van der Waals surface area (Å²) in [5, 5.41) is 0. The molecular weight excluding hydrogens is 297 g/mol. The van der Waals surface area contributed by atoms with E-state index in [-0.39, 0.29) is 11.4 Å². The Hall–Kier alpha value is -2.31. The zero-order valence-electron chi connectivity index (χ0n) is 12.7. The highest BCUT2D eigenvalue weighted by atomic mass is 19.3. The molecule has 0 saturated heterocycles. The Kier molecular flexibility index (Phi) is 5.73. The summed E-state index contributed by atoms with van der Waals surface area (Å²) >= 11 is 0. The van der Waals surface area contributed by atoms with Crippen LogP contribution in [0.15, 0.2) is 35.1 Å². The molecule has 0 aliphatic rings. The number of aryl methyl sites for hydroxylation is 1. The zero-order valence-corrected chi connectivity index (χ0v) is 12.7. The SMILES string of the molecule is CC.Cc1cc(=O)n(C)c(C(F)(F)Oc2cccc(F)c2)n1. The van der Waals surface area contributed by atoms with Gasteiger partial charge in [0.15, 0.2) is 0 Å². The summed E-state index contributed by atoms with van der Waals surface area (Å²) in [5.41, 5.74) is -0.486. The number of ether oxygens (including phenoxy) is 1. The molecule has 2 aromatic rings. The van der Waals surface area contributed by atoms with Gasteiger partial charge in [-0.15, -0.1) is 0 Å². The fraction of sp³-hybridized carbons (Fsp3) is 0.333. The van der Waals surface area contributed by atoms with Crippen LogP contribution in [0.25, 0.3) is 0 Å². The first-order valence-electron chi connectivity index (χ1n) is 6.67. The molecular formula is C15H17F3N2O2. The van der Waals surface area contributed by atoms with E-state index in [2.05, 4.69) is 9.72 Å². The first kappa shape index (κ1) is 17.7. The average Bonchev–Trinajstić information content (AvgIpc) is 2.44. The van der Waals surface area contributed by atoms with Crippen LogP contribution in [0.5, 0.6) is 5.75 Å². The van der Waals surface area contributed by atoms with Crippen LogP contribution in [-0.2, 0) is 13.2 Å². The van der Waals surface area contributed by atoms with Gasteiger partial charge in [0, 0.05) is 24.9 Å². The molecule has 1 aromatic heterocycles. The molecule has 0 atom stereocenters. The third-order valence-electron chi connectivity index (χ3n) is 2.57. The van der Waals surface area contributed by atoms with E-state index >= 15 is 0 Å². The van der Waals surface area contributed by atoms with Crippen molar-refractivity contribution in [1.82, 2.24) is 9.55 Å². The second kappa shape index (κ2) is 7.11. The summed E-state index contributed by atoms with van der Waals surface area (Å²) in [7, 11) is 1.16. The maximum absolute atomic E-state index is 14.0. The van der Waals surface area contributed by atoms with E-state index in [1.807, 2.05) is 13.8 Å². The molecule has 0 bridgehead atoms. The molecule has 2 rings (SSSR count). The summed E-state index contributed by atoms with van der Waals surface area (Å²) < 4.78 is 46.2. The lowest BCUT2D eigenvalue weighted by molar-refractivity contribution is -0.194. The smallest absolute Gasteiger partial charge is 0.426 e. The van der Waals surface area contributed by atoms with Crippen LogP contribution in [0.3, 0.4) is 0 Å². The van der Waals surface area contributed by atoms with Gasteiger partial charge in [0.05, 0.1) is 0 Å². The second-order valence-corrected chi connectivity index (χ2v) is 4.19. The number of alkyl halides is 2. The van der Waals surface area contributed by atoms with Gasteiger partial charge in [0.2, 0.25) is 5.82 Å². The number of halogens is 3. The number of nitrogens with zero attached hydrogens (tertiary/aromatic N) is 2. The molecule has 0 saturated carbocycles. The molecule has 7 heteroatoms. The van der Waals surface area contributed by atoms with Gasteiger partial charge in [-0.2, -0.15) is 8.78 Å². The summed E-state index contributed by atoms with van der Waals surface area (Å²) in [4.78, 5) is 15.1. The number of aromatic nitrogens is 2. The molecule has 0 radical (unpaired) electrons. The Labute approximate surface area is 126 Å². The average molecular weight is 314 g/mol. The molecule has 1 heterocycles. The van der Waals surface area contributed by atoms with Crippen LogP contribution < -0.4 is 10.3 Å². The normalized spacial score (nSPS) is 10.7. The Morgan fingerprint density at radius 2 is 1.86 bits per heavy atom. The monoisotopic (exact) mass is 314 g/mol. The molecule has 4 nitrogen and oxygen atoms in total. The Morgan fingerprint density at radius 3 is 2.45 bits per heavy atom. The second-order valence-electron chi connectivity index (χ2n) is 4.19. The van der Waals surface area contributed by atoms with Crippen LogP contribution in [0, 0.1) is 12.7 Å². The highest BCUT2D eigenvalue weighted by Gasteiger charge is 2.39. The maximum Gasteiger partial charge on any atom is 0.460 e. The van der Waals surface area contributed by atoms with Crippen LogP contribution in [0.1, 0.15) is 25.4 Å². The van der Waals surface area contributed by atoms with E-state index in [1.165, 1.54) is 19.1 Å².